The number of hydrogen-bond acceptors (Lipinski definition) is 3. The van der Waals surface area contributed by atoms with Crippen molar-refractivity contribution in [1.29, 1.82) is 0 Å². The number of aromatic amines is 1. The Morgan fingerprint density at radius 2 is 2.04 bits per heavy atom. The summed E-state index contributed by atoms with van der Waals surface area (Å²) in [6.07, 6.45) is 4.17. The number of fused-ring (bicyclic) bond motifs is 1. The Bertz CT molecular complexity index is 755. The molecule has 0 bridgehead atoms. The molecular formula is C19H25N3O2. The van der Waals surface area contributed by atoms with E-state index in [0.717, 1.165) is 51.3 Å². The van der Waals surface area contributed by atoms with Crippen LogP contribution in [0.1, 0.15) is 24.0 Å². The van der Waals surface area contributed by atoms with Gasteiger partial charge in [-0.3, -0.25) is 9.69 Å². The Morgan fingerprint density at radius 3 is 2.71 bits per heavy atom. The average Bonchev–Trinajstić information content (AvgIpc) is 3.33. The number of methoxy groups -OCH3 is 1. The summed E-state index contributed by atoms with van der Waals surface area (Å²) in [4.78, 5) is 20.0. The van der Waals surface area contributed by atoms with Crippen LogP contribution in [0.3, 0.4) is 0 Å². The van der Waals surface area contributed by atoms with Crippen molar-refractivity contribution in [2.75, 3.05) is 33.3 Å². The van der Waals surface area contributed by atoms with Crippen LogP contribution in [0.15, 0.2) is 18.3 Å². The Hall–Kier alpha value is -2.01. The molecular weight excluding hydrogens is 302 g/mol. The molecule has 2 aliphatic rings. The van der Waals surface area contributed by atoms with Crippen molar-refractivity contribution >= 4 is 16.8 Å². The van der Waals surface area contributed by atoms with Crippen molar-refractivity contribution in [1.82, 2.24) is 14.8 Å². The normalized spacial score (nSPS) is 19.0. The van der Waals surface area contributed by atoms with Gasteiger partial charge in [-0.15, -0.1) is 0 Å². The summed E-state index contributed by atoms with van der Waals surface area (Å²) in [7, 11) is 1.74. The molecule has 1 amide bonds. The lowest BCUT2D eigenvalue weighted by molar-refractivity contribution is -0.134. The number of H-pyrrole nitrogens is 1. The lowest BCUT2D eigenvalue weighted by Gasteiger charge is -2.35. The summed E-state index contributed by atoms with van der Waals surface area (Å²) in [5.74, 6) is 1.65. The molecule has 2 aromatic rings. The van der Waals surface area contributed by atoms with Gasteiger partial charge in [-0.1, -0.05) is 0 Å². The molecule has 5 heteroatoms. The van der Waals surface area contributed by atoms with Gasteiger partial charge in [0.15, 0.2) is 0 Å². The van der Waals surface area contributed by atoms with Gasteiger partial charge in [-0.25, -0.2) is 0 Å². The second-order valence-electron chi connectivity index (χ2n) is 7.02. The van der Waals surface area contributed by atoms with Crippen molar-refractivity contribution in [3.05, 3.63) is 29.5 Å². The summed E-state index contributed by atoms with van der Waals surface area (Å²) in [6, 6.07) is 4.24. The molecule has 1 aromatic heterocycles. The first kappa shape index (κ1) is 15.5. The number of nitrogens with one attached hydrogen (secondary N) is 1. The topological polar surface area (TPSA) is 48.6 Å². The molecule has 1 saturated heterocycles. The number of carbonyl (C=O) groups excluding carboxylic acids is 1. The molecule has 0 spiro atoms. The Labute approximate surface area is 142 Å². The van der Waals surface area contributed by atoms with E-state index < -0.39 is 0 Å². The zero-order valence-corrected chi connectivity index (χ0v) is 14.5. The lowest BCUT2D eigenvalue weighted by Crippen LogP contribution is -2.48. The monoisotopic (exact) mass is 327 g/mol. The van der Waals surface area contributed by atoms with Crippen LogP contribution in [-0.4, -0.2) is 54.0 Å². The number of carbonyl (C=O) groups is 1. The predicted molar refractivity (Wildman–Crippen MR) is 94.2 cm³/mol. The minimum absolute atomic E-state index is 0.327. The number of aryl methyl sites for hydroxylation is 1. The maximum absolute atomic E-state index is 12.2. The van der Waals surface area contributed by atoms with Gasteiger partial charge in [-0.05, 0) is 37.5 Å². The summed E-state index contributed by atoms with van der Waals surface area (Å²) in [5, 5.41) is 1.24. The van der Waals surface area contributed by atoms with E-state index in [-0.39, 0.29) is 0 Å². The molecule has 0 unspecified atom stereocenters. The molecule has 2 heterocycles. The van der Waals surface area contributed by atoms with Crippen LogP contribution >= 0.6 is 0 Å². The second-order valence-corrected chi connectivity index (χ2v) is 7.02. The van der Waals surface area contributed by atoms with Crippen LogP contribution in [-0.2, 0) is 11.3 Å². The number of aromatic nitrogens is 1. The van der Waals surface area contributed by atoms with Crippen LogP contribution < -0.4 is 4.74 Å². The van der Waals surface area contributed by atoms with E-state index in [1.165, 1.54) is 22.0 Å². The Kier molecular flexibility index (Phi) is 3.96. The minimum atomic E-state index is 0.327. The number of ether oxygens (including phenoxy) is 1. The Balaban J connectivity index is 1.50. The van der Waals surface area contributed by atoms with Gasteiger partial charge in [0.1, 0.15) is 5.75 Å². The van der Waals surface area contributed by atoms with Gasteiger partial charge in [-0.2, -0.15) is 0 Å². The summed E-state index contributed by atoms with van der Waals surface area (Å²) in [6.45, 7) is 6.53. The largest absolute Gasteiger partial charge is 0.496 e. The minimum Gasteiger partial charge on any atom is -0.496 e. The number of nitrogens with zero attached hydrogens (tertiary/aromatic N) is 2. The van der Waals surface area contributed by atoms with Crippen molar-refractivity contribution in [2.24, 2.45) is 5.92 Å². The summed E-state index contributed by atoms with van der Waals surface area (Å²) in [5.41, 5.74) is 3.63. The van der Waals surface area contributed by atoms with Crippen molar-refractivity contribution in [2.45, 2.75) is 26.3 Å². The van der Waals surface area contributed by atoms with Crippen molar-refractivity contribution in [3.63, 3.8) is 0 Å². The smallest absolute Gasteiger partial charge is 0.225 e. The van der Waals surface area contributed by atoms with Gasteiger partial charge in [0.25, 0.3) is 0 Å². The fourth-order valence-electron chi connectivity index (χ4n) is 3.72. The lowest BCUT2D eigenvalue weighted by atomic mass is 10.0. The number of piperazine rings is 1. The van der Waals surface area contributed by atoms with E-state index >= 15 is 0 Å². The summed E-state index contributed by atoms with van der Waals surface area (Å²) < 4.78 is 5.64. The van der Waals surface area contributed by atoms with E-state index in [4.69, 9.17) is 4.74 Å². The zero-order chi connectivity index (χ0) is 16.7. The first-order valence-corrected chi connectivity index (χ1v) is 8.82. The van der Waals surface area contributed by atoms with E-state index in [9.17, 15) is 4.79 Å². The molecule has 5 nitrogen and oxygen atoms in total. The number of hydrogen-bond donors (Lipinski definition) is 1. The highest BCUT2D eigenvalue weighted by Gasteiger charge is 2.34. The highest BCUT2D eigenvalue weighted by molar-refractivity contribution is 5.88. The highest BCUT2D eigenvalue weighted by Crippen LogP contribution is 2.33. The molecule has 1 aliphatic carbocycles. The van der Waals surface area contributed by atoms with Gasteiger partial charge in [0, 0.05) is 61.3 Å². The van der Waals surface area contributed by atoms with Crippen molar-refractivity contribution < 1.29 is 9.53 Å². The molecule has 128 valence electrons. The van der Waals surface area contributed by atoms with E-state index in [1.54, 1.807) is 7.11 Å². The molecule has 1 aromatic carbocycles. The maximum atomic E-state index is 12.2. The number of amides is 1. The van der Waals surface area contributed by atoms with Gasteiger partial charge >= 0.3 is 0 Å². The SMILES string of the molecule is COc1cc(C)c2[nH]ccc2c1CN1CCN(C(=O)C2CC2)CC1. The average molecular weight is 327 g/mol. The van der Waals surface area contributed by atoms with Crippen LogP contribution in [0.25, 0.3) is 10.9 Å². The van der Waals surface area contributed by atoms with Gasteiger partial charge in [0.05, 0.1) is 7.11 Å². The van der Waals surface area contributed by atoms with Crippen LogP contribution in [0.4, 0.5) is 0 Å². The van der Waals surface area contributed by atoms with Crippen LogP contribution in [0.5, 0.6) is 5.75 Å². The van der Waals surface area contributed by atoms with Crippen molar-refractivity contribution in [3.8, 4) is 5.75 Å². The fraction of sp³-hybridized carbons (Fsp3) is 0.526. The van der Waals surface area contributed by atoms with Gasteiger partial charge in [0.2, 0.25) is 5.91 Å². The van der Waals surface area contributed by atoms with E-state index in [0.29, 0.717) is 11.8 Å². The zero-order valence-electron chi connectivity index (χ0n) is 14.5. The van der Waals surface area contributed by atoms with E-state index in [2.05, 4.69) is 28.9 Å². The first-order valence-electron chi connectivity index (χ1n) is 8.82. The fourth-order valence-corrected chi connectivity index (χ4v) is 3.72. The predicted octanol–water partition coefficient (Wildman–Crippen LogP) is 2.54. The molecule has 24 heavy (non-hydrogen) atoms. The molecule has 1 aliphatic heterocycles. The number of benzene rings is 1. The third-order valence-electron chi connectivity index (χ3n) is 5.32. The second kappa shape index (κ2) is 6.13. The molecule has 1 saturated carbocycles. The quantitative estimate of drug-likeness (QED) is 0.939. The third kappa shape index (κ3) is 2.77. The molecule has 1 N–H and O–H groups in total. The highest BCUT2D eigenvalue weighted by atomic mass is 16.5. The van der Waals surface area contributed by atoms with Crippen LogP contribution in [0, 0.1) is 12.8 Å². The number of rotatable bonds is 4. The van der Waals surface area contributed by atoms with E-state index in [1.807, 2.05) is 11.1 Å². The first-order chi connectivity index (χ1) is 11.7. The Morgan fingerprint density at radius 1 is 1.29 bits per heavy atom. The van der Waals surface area contributed by atoms with Crippen LogP contribution in [0.2, 0.25) is 0 Å². The summed E-state index contributed by atoms with van der Waals surface area (Å²) >= 11 is 0. The molecule has 0 radical (unpaired) electrons. The molecule has 0 atom stereocenters. The van der Waals surface area contributed by atoms with Gasteiger partial charge < -0.3 is 14.6 Å². The molecule has 4 rings (SSSR count). The molecule has 2 fully saturated rings. The third-order valence-corrected chi connectivity index (χ3v) is 5.32. The standard InChI is InChI=1S/C19H25N3O2/c1-13-11-17(24-2)16(15-5-6-20-18(13)15)12-21-7-9-22(10-8-21)19(23)14-3-4-14/h5-6,11,14,20H,3-4,7-10,12H2,1-2H3. The maximum Gasteiger partial charge on any atom is 0.225 e.